The molecule has 0 saturated heterocycles. The summed E-state index contributed by atoms with van der Waals surface area (Å²) in [4.78, 5) is 4.45. The van der Waals surface area contributed by atoms with Crippen LogP contribution in [0.25, 0.3) is 0 Å². The predicted octanol–water partition coefficient (Wildman–Crippen LogP) is 4.89. The normalized spacial score (nSPS) is 12.2. The molecule has 1 unspecified atom stereocenters. The molecule has 3 N–H and O–H groups in total. The standard InChI is InChI=1S/C18H22ClN3O.HI/c1-3-13(14-7-5-4-6-8-14)12-21-18(20)22-15-9-10-17(23-2)16(19)11-15;/h4-11,13H,3,12H2,1-2H3,(H3,20,21,22);1H. The zero-order valence-electron chi connectivity index (χ0n) is 13.8. The summed E-state index contributed by atoms with van der Waals surface area (Å²) in [6, 6.07) is 15.7. The minimum absolute atomic E-state index is 0. The first-order chi connectivity index (χ1) is 11.1. The van der Waals surface area contributed by atoms with Crippen LogP contribution in [0.1, 0.15) is 24.8 Å². The van der Waals surface area contributed by atoms with Crippen molar-refractivity contribution in [1.29, 1.82) is 0 Å². The molecule has 1 atom stereocenters. The maximum atomic E-state index is 6.10. The average molecular weight is 460 g/mol. The van der Waals surface area contributed by atoms with Crippen LogP contribution in [0, 0.1) is 0 Å². The first-order valence-electron chi connectivity index (χ1n) is 7.59. The van der Waals surface area contributed by atoms with E-state index >= 15 is 0 Å². The van der Waals surface area contributed by atoms with Gasteiger partial charge >= 0.3 is 0 Å². The van der Waals surface area contributed by atoms with Gasteiger partial charge in [0.15, 0.2) is 5.96 Å². The van der Waals surface area contributed by atoms with Crippen LogP contribution in [0.3, 0.4) is 0 Å². The lowest BCUT2D eigenvalue weighted by molar-refractivity contribution is 0.415. The topological polar surface area (TPSA) is 59.6 Å². The molecule has 0 aliphatic rings. The van der Waals surface area contributed by atoms with Crippen LogP contribution in [0.4, 0.5) is 5.69 Å². The molecule has 0 heterocycles. The smallest absolute Gasteiger partial charge is 0.193 e. The van der Waals surface area contributed by atoms with Gasteiger partial charge < -0.3 is 15.8 Å². The highest BCUT2D eigenvalue weighted by Gasteiger charge is 2.08. The zero-order valence-corrected chi connectivity index (χ0v) is 16.9. The van der Waals surface area contributed by atoms with Gasteiger partial charge in [-0.05, 0) is 30.2 Å². The highest BCUT2D eigenvalue weighted by Crippen LogP contribution is 2.27. The van der Waals surface area contributed by atoms with Crippen molar-refractivity contribution in [2.75, 3.05) is 19.0 Å². The number of nitrogens with one attached hydrogen (secondary N) is 1. The van der Waals surface area contributed by atoms with Crippen LogP contribution in [0.2, 0.25) is 5.02 Å². The maximum absolute atomic E-state index is 6.10. The number of nitrogens with zero attached hydrogens (tertiary/aromatic N) is 1. The lowest BCUT2D eigenvalue weighted by atomic mass is 9.97. The van der Waals surface area contributed by atoms with Gasteiger partial charge in [0.05, 0.1) is 12.1 Å². The predicted molar refractivity (Wildman–Crippen MR) is 113 cm³/mol. The van der Waals surface area contributed by atoms with Crippen molar-refractivity contribution in [2.45, 2.75) is 19.3 Å². The fraction of sp³-hybridized carbons (Fsp3) is 0.278. The van der Waals surface area contributed by atoms with E-state index in [9.17, 15) is 0 Å². The summed E-state index contributed by atoms with van der Waals surface area (Å²) in [5.41, 5.74) is 8.03. The fourth-order valence-corrected chi connectivity index (χ4v) is 2.59. The van der Waals surface area contributed by atoms with Crippen LogP contribution < -0.4 is 15.8 Å². The van der Waals surface area contributed by atoms with E-state index in [-0.39, 0.29) is 24.0 Å². The molecule has 0 spiro atoms. The average Bonchev–Trinajstić information content (AvgIpc) is 2.56. The van der Waals surface area contributed by atoms with Crippen LogP contribution in [-0.4, -0.2) is 19.6 Å². The second-order valence-electron chi connectivity index (χ2n) is 5.22. The van der Waals surface area contributed by atoms with Gasteiger partial charge in [-0.25, -0.2) is 0 Å². The molecule has 0 fully saturated rings. The molecule has 130 valence electrons. The van der Waals surface area contributed by atoms with Crippen molar-refractivity contribution in [3.63, 3.8) is 0 Å². The number of halogens is 2. The molecule has 0 amide bonds. The molecule has 2 rings (SSSR count). The third kappa shape index (κ3) is 5.87. The summed E-state index contributed by atoms with van der Waals surface area (Å²) in [6.45, 7) is 2.79. The van der Waals surface area contributed by atoms with Gasteiger partial charge in [-0.1, -0.05) is 48.9 Å². The molecule has 4 nitrogen and oxygen atoms in total. The second-order valence-corrected chi connectivity index (χ2v) is 5.62. The van der Waals surface area contributed by atoms with Gasteiger partial charge in [-0.3, -0.25) is 4.99 Å². The highest BCUT2D eigenvalue weighted by atomic mass is 127. The molecular formula is C18H23ClIN3O. The van der Waals surface area contributed by atoms with Gasteiger partial charge in [-0.15, -0.1) is 24.0 Å². The van der Waals surface area contributed by atoms with E-state index in [1.54, 1.807) is 19.2 Å². The fourth-order valence-electron chi connectivity index (χ4n) is 2.34. The Hall–Kier alpha value is -1.47. The zero-order chi connectivity index (χ0) is 16.7. The summed E-state index contributed by atoms with van der Waals surface area (Å²) in [5.74, 6) is 1.36. The van der Waals surface area contributed by atoms with Crippen molar-refractivity contribution >= 4 is 47.2 Å². The largest absolute Gasteiger partial charge is 0.495 e. The lowest BCUT2D eigenvalue weighted by Gasteiger charge is -2.14. The van der Waals surface area contributed by atoms with Crippen LogP contribution in [0.15, 0.2) is 53.5 Å². The van der Waals surface area contributed by atoms with E-state index in [0.717, 1.165) is 12.1 Å². The number of guanidine groups is 1. The first kappa shape index (κ1) is 20.6. The molecule has 24 heavy (non-hydrogen) atoms. The highest BCUT2D eigenvalue weighted by molar-refractivity contribution is 14.0. The monoisotopic (exact) mass is 459 g/mol. The van der Waals surface area contributed by atoms with E-state index in [0.29, 0.717) is 29.2 Å². The van der Waals surface area contributed by atoms with Gasteiger partial charge in [0, 0.05) is 18.2 Å². The Morgan fingerprint density at radius 1 is 1.25 bits per heavy atom. The molecule has 0 aromatic heterocycles. The molecule has 2 aromatic carbocycles. The molecule has 0 saturated carbocycles. The number of ether oxygens (including phenoxy) is 1. The molecule has 0 aliphatic heterocycles. The van der Waals surface area contributed by atoms with Crippen molar-refractivity contribution in [2.24, 2.45) is 10.7 Å². The number of hydrogen-bond acceptors (Lipinski definition) is 2. The first-order valence-corrected chi connectivity index (χ1v) is 7.97. The number of nitrogens with two attached hydrogens (primary N) is 1. The Balaban J connectivity index is 0.00000288. The van der Waals surface area contributed by atoms with E-state index in [1.807, 2.05) is 24.3 Å². The summed E-state index contributed by atoms with van der Waals surface area (Å²) in [5, 5.41) is 3.58. The lowest BCUT2D eigenvalue weighted by Crippen LogP contribution is -2.23. The Bertz CT molecular complexity index is 665. The number of methoxy groups -OCH3 is 1. The van der Waals surface area contributed by atoms with E-state index in [4.69, 9.17) is 22.1 Å². The van der Waals surface area contributed by atoms with Crippen molar-refractivity contribution < 1.29 is 4.74 Å². The quantitative estimate of drug-likeness (QED) is 0.367. The van der Waals surface area contributed by atoms with Crippen LogP contribution >= 0.6 is 35.6 Å². The molecule has 0 bridgehead atoms. The number of hydrogen-bond donors (Lipinski definition) is 2. The summed E-state index contributed by atoms with van der Waals surface area (Å²) in [7, 11) is 1.58. The number of aliphatic imine (C=N–C) groups is 1. The SMILES string of the molecule is CCC(CN=C(N)Nc1ccc(OC)c(Cl)c1)c1ccccc1.I. The summed E-state index contributed by atoms with van der Waals surface area (Å²) < 4.78 is 5.13. The van der Waals surface area contributed by atoms with Gasteiger partial charge in [0.1, 0.15) is 5.75 Å². The minimum atomic E-state index is 0. The molecule has 0 aliphatic carbocycles. The van der Waals surface area contributed by atoms with Crippen molar-refractivity contribution in [3.8, 4) is 5.75 Å². The van der Waals surface area contributed by atoms with Crippen molar-refractivity contribution in [1.82, 2.24) is 0 Å². The summed E-state index contributed by atoms with van der Waals surface area (Å²) in [6.07, 6.45) is 1.01. The molecular weight excluding hydrogens is 437 g/mol. The molecule has 6 heteroatoms. The van der Waals surface area contributed by atoms with Crippen LogP contribution in [0.5, 0.6) is 5.75 Å². The minimum Gasteiger partial charge on any atom is -0.495 e. The third-order valence-electron chi connectivity index (χ3n) is 3.67. The van der Waals surface area contributed by atoms with E-state index in [2.05, 4.69) is 29.4 Å². The third-order valence-corrected chi connectivity index (χ3v) is 3.97. The van der Waals surface area contributed by atoms with E-state index < -0.39 is 0 Å². The van der Waals surface area contributed by atoms with Gasteiger partial charge in [0.2, 0.25) is 0 Å². The molecule has 2 aromatic rings. The second kappa shape index (κ2) is 10.4. The Morgan fingerprint density at radius 2 is 1.96 bits per heavy atom. The maximum Gasteiger partial charge on any atom is 0.193 e. The molecule has 0 radical (unpaired) electrons. The number of rotatable bonds is 6. The Labute approximate surface area is 165 Å². The Kier molecular flexibility index (Phi) is 8.92. The number of anilines is 1. The van der Waals surface area contributed by atoms with Crippen LogP contribution in [-0.2, 0) is 0 Å². The van der Waals surface area contributed by atoms with Gasteiger partial charge in [0.25, 0.3) is 0 Å². The van der Waals surface area contributed by atoms with E-state index in [1.165, 1.54) is 5.56 Å². The Morgan fingerprint density at radius 3 is 2.54 bits per heavy atom. The van der Waals surface area contributed by atoms with Crippen molar-refractivity contribution in [3.05, 3.63) is 59.1 Å². The number of benzene rings is 2. The van der Waals surface area contributed by atoms with Gasteiger partial charge in [-0.2, -0.15) is 0 Å². The summed E-state index contributed by atoms with van der Waals surface area (Å²) >= 11 is 6.10.